The first-order valence-electron chi connectivity index (χ1n) is 11.3. The molecule has 0 aromatic heterocycles. The molecule has 4 aromatic carbocycles. The van der Waals surface area contributed by atoms with Gasteiger partial charge in [-0.3, -0.25) is 0 Å². The monoisotopic (exact) mass is 502 g/mol. The van der Waals surface area contributed by atoms with E-state index >= 15 is 0 Å². The molecule has 4 aromatic rings. The van der Waals surface area contributed by atoms with Crippen LogP contribution >= 0.6 is 46.4 Å². The van der Waals surface area contributed by atoms with Gasteiger partial charge in [0.1, 0.15) is 0 Å². The van der Waals surface area contributed by atoms with Crippen LogP contribution in [0.2, 0.25) is 20.1 Å². The van der Waals surface area contributed by atoms with Gasteiger partial charge in [-0.1, -0.05) is 121 Å². The van der Waals surface area contributed by atoms with Gasteiger partial charge in [0, 0.05) is 10.8 Å². The van der Waals surface area contributed by atoms with Gasteiger partial charge < -0.3 is 0 Å². The standard InChI is InChI=1S/C28H26Cl4/c29-25-21(17-19-11-7-9-15-23(19)27(25)31)13-5-3-1-2-4-6-14-22-18-20-12-8-10-16-24(20)28(32)26(22)30/h7-12,15-18H,1-6,13-14H2. The molecule has 0 aliphatic rings. The van der Waals surface area contributed by atoms with Crippen LogP contribution in [-0.2, 0) is 12.8 Å². The highest BCUT2D eigenvalue weighted by molar-refractivity contribution is 6.46. The topological polar surface area (TPSA) is 0 Å². The van der Waals surface area contributed by atoms with Gasteiger partial charge in [-0.25, -0.2) is 0 Å². The Labute approximate surface area is 210 Å². The van der Waals surface area contributed by atoms with Gasteiger partial charge in [0.2, 0.25) is 0 Å². The minimum absolute atomic E-state index is 0.673. The number of unbranched alkanes of at least 4 members (excludes halogenated alkanes) is 5. The van der Waals surface area contributed by atoms with Crippen molar-refractivity contribution >= 4 is 67.9 Å². The number of benzene rings is 4. The van der Waals surface area contributed by atoms with E-state index in [1.807, 2.05) is 36.4 Å². The van der Waals surface area contributed by atoms with Crippen LogP contribution in [0.3, 0.4) is 0 Å². The lowest BCUT2D eigenvalue weighted by Crippen LogP contribution is -1.91. The Morgan fingerprint density at radius 2 is 0.812 bits per heavy atom. The highest BCUT2D eigenvalue weighted by Crippen LogP contribution is 2.36. The van der Waals surface area contributed by atoms with E-state index in [2.05, 4.69) is 24.3 Å². The Morgan fingerprint density at radius 3 is 1.25 bits per heavy atom. The Kier molecular flexibility index (Phi) is 8.24. The van der Waals surface area contributed by atoms with E-state index in [1.165, 1.54) is 25.7 Å². The molecule has 0 amide bonds. The second-order valence-electron chi connectivity index (χ2n) is 8.39. The Bertz CT molecular complexity index is 1130. The average molecular weight is 504 g/mol. The first-order chi connectivity index (χ1) is 15.6. The maximum absolute atomic E-state index is 6.52. The van der Waals surface area contributed by atoms with E-state index in [0.717, 1.165) is 58.4 Å². The van der Waals surface area contributed by atoms with Crippen LogP contribution in [0, 0.1) is 0 Å². The maximum Gasteiger partial charge on any atom is 0.0673 e. The van der Waals surface area contributed by atoms with Crippen LogP contribution in [0.15, 0.2) is 60.7 Å². The molecule has 4 heteroatoms. The normalized spacial score (nSPS) is 11.5. The summed E-state index contributed by atoms with van der Waals surface area (Å²) >= 11 is 26.0. The van der Waals surface area contributed by atoms with Gasteiger partial charge in [-0.05, 0) is 59.7 Å². The Balaban J connectivity index is 1.21. The summed E-state index contributed by atoms with van der Waals surface area (Å²) in [6.07, 6.45) is 9.03. The molecule has 32 heavy (non-hydrogen) atoms. The zero-order valence-corrected chi connectivity index (χ0v) is 21.0. The first kappa shape index (κ1) is 23.7. The number of rotatable bonds is 9. The molecule has 0 atom stereocenters. The van der Waals surface area contributed by atoms with Crippen molar-refractivity contribution in [3.8, 4) is 0 Å². The summed E-state index contributed by atoms with van der Waals surface area (Å²) in [4.78, 5) is 0. The van der Waals surface area contributed by atoms with Gasteiger partial charge in [0.05, 0.1) is 20.1 Å². The third kappa shape index (κ3) is 5.37. The van der Waals surface area contributed by atoms with Gasteiger partial charge in [-0.2, -0.15) is 0 Å². The zero-order chi connectivity index (χ0) is 22.5. The lowest BCUT2D eigenvalue weighted by atomic mass is 10.00. The summed E-state index contributed by atoms with van der Waals surface area (Å²) < 4.78 is 0. The minimum Gasteiger partial charge on any atom is -0.0824 e. The Morgan fingerprint density at radius 1 is 0.438 bits per heavy atom. The predicted molar refractivity (Wildman–Crippen MR) is 143 cm³/mol. The average Bonchev–Trinajstić information content (AvgIpc) is 2.81. The number of halogens is 4. The highest BCUT2D eigenvalue weighted by Gasteiger charge is 2.11. The molecule has 0 unspecified atom stereocenters. The van der Waals surface area contributed by atoms with Gasteiger partial charge in [0.15, 0.2) is 0 Å². The molecule has 0 heterocycles. The predicted octanol–water partition coefficient (Wildman–Crippen LogP) is 10.7. The van der Waals surface area contributed by atoms with E-state index in [4.69, 9.17) is 46.4 Å². The molecule has 166 valence electrons. The molecule has 0 radical (unpaired) electrons. The van der Waals surface area contributed by atoms with E-state index in [-0.39, 0.29) is 0 Å². The van der Waals surface area contributed by atoms with Crippen LogP contribution in [-0.4, -0.2) is 0 Å². The fraction of sp³-hybridized carbons (Fsp3) is 0.286. The minimum atomic E-state index is 0.673. The van der Waals surface area contributed by atoms with Crippen molar-refractivity contribution in [2.45, 2.75) is 51.4 Å². The summed E-state index contributed by atoms with van der Waals surface area (Å²) in [5, 5.41) is 7.12. The molecule has 0 aliphatic carbocycles. The van der Waals surface area contributed by atoms with Crippen molar-refractivity contribution < 1.29 is 0 Å². The summed E-state index contributed by atoms with van der Waals surface area (Å²) in [5.74, 6) is 0. The van der Waals surface area contributed by atoms with Gasteiger partial charge in [-0.15, -0.1) is 0 Å². The van der Waals surface area contributed by atoms with Crippen LogP contribution in [0.1, 0.15) is 49.7 Å². The van der Waals surface area contributed by atoms with Gasteiger partial charge >= 0.3 is 0 Å². The molecule has 0 spiro atoms. The fourth-order valence-corrected chi connectivity index (χ4v) is 5.46. The summed E-state index contributed by atoms with van der Waals surface area (Å²) in [6.45, 7) is 0. The molecule has 0 N–H and O–H groups in total. The van der Waals surface area contributed by atoms with Crippen molar-refractivity contribution in [1.82, 2.24) is 0 Å². The van der Waals surface area contributed by atoms with Crippen molar-refractivity contribution in [2.75, 3.05) is 0 Å². The second-order valence-corrected chi connectivity index (χ2v) is 9.90. The van der Waals surface area contributed by atoms with Gasteiger partial charge in [0.25, 0.3) is 0 Å². The molecule has 0 fully saturated rings. The molecule has 0 saturated carbocycles. The molecular formula is C28H26Cl4. The molecule has 0 bridgehead atoms. The molecule has 0 nitrogen and oxygen atoms in total. The summed E-state index contributed by atoms with van der Waals surface area (Å²) in [7, 11) is 0. The number of hydrogen-bond donors (Lipinski definition) is 0. The lowest BCUT2D eigenvalue weighted by Gasteiger charge is -2.10. The lowest BCUT2D eigenvalue weighted by molar-refractivity contribution is 0.594. The summed E-state index contributed by atoms with van der Waals surface area (Å²) in [6, 6.07) is 20.7. The third-order valence-electron chi connectivity index (χ3n) is 6.15. The molecule has 0 saturated heterocycles. The molecular weight excluding hydrogens is 478 g/mol. The summed E-state index contributed by atoms with van der Waals surface area (Å²) in [5.41, 5.74) is 2.30. The number of aryl methyl sites for hydroxylation is 2. The third-order valence-corrected chi connectivity index (χ3v) is 7.99. The molecule has 0 aliphatic heterocycles. The van der Waals surface area contributed by atoms with E-state index < -0.39 is 0 Å². The largest absolute Gasteiger partial charge is 0.0824 e. The van der Waals surface area contributed by atoms with Crippen molar-refractivity contribution in [3.63, 3.8) is 0 Å². The SMILES string of the molecule is Clc1c(CCCCCCCCc2cc3ccccc3c(Cl)c2Cl)cc2ccccc2c1Cl. The van der Waals surface area contributed by atoms with E-state index in [0.29, 0.717) is 20.1 Å². The smallest absolute Gasteiger partial charge is 0.0673 e. The second kappa shape index (κ2) is 11.1. The van der Waals surface area contributed by atoms with Crippen molar-refractivity contribution in [3.05, 3.63) is 91.9 Å². The first-order valence-corrected chi connectivity index (χ1v) is 12.8. The van der Waals surface area contributed by atoms with Crippen LogP contribution in [0.25, 0.3) is 21.5 Å². The highest BCUT2D eigenvalue weighted by atomic mass is 35.5. The quantitative estimate of drug-likeness (QED) is 0.199. The molecule has 4 rings (SSSR count). The fourth-order valence-electron chi connectivity index (χ4n) is 4.37. The van der Waals surface area contributed by atoms with Crippen LogP contribution < -0.4 is 0 Å². The zero-order valence-electron chi connectivity index (χ0n) is 17.9. The number of hydrogen-bond acceptors (Lipinski definition) is 0. The van der Waals surface area contributed by atoms with Crippen LogP contribution in [0.4, 0.5) is 0 Å². The number of fused-ring (bicyclic) bond motifs is 2. The van der Waals surface area contributed by atoms with Crippen molar-refractivity contribution in [2.24, 2.45) is 0 Å². The maximum atomic E-state index is 6.52. The van der Waals surface area contributed by atoms with Crippen LogP contribution in [0.5, 0.6) is 0 Å². The van der Waals surface area contributed by atoms with E-state index in [9.17, 15) is 0 Å². The Hall–Kier alpha value is -1.44. The van der Waals surface area contributed by atoms with Crippen molar-refractivity contribution in [1.29, 1.82) is 0 Å². The van der Waals surface area contributed by atoms with E-state index in [1.54, 1.807) is 0 Å².